The monoisotopic (exact) mass is 315 g/mol. The van der Waals surface area contributed by atoms with E-state index in [4.69, 9.17) is 0 Å². The average Bonchev–Trinajstić information content (AvgIpc) is 2.82. The first-order chi connectivity index (χ1) is 10.8. The molecule has 1 heterocycles. The Morgan fingerprint density at radius 2 is 1.83 bits per heavy atom. The highest BCUT2D eigenvalue weighted by Crippen LogP contribution is 2.15. The number of aliphatic hydroxyl groups is 1. The number of aromatic nitrogens is 2. The van der Waals surface area contributed by atoms with E-state index in [0.717, 1.165) is 17.1 Å². The van der Waals surface area contributed by atoms with Gasteiger partial charge in [-0.05, 0) is 65.0 Å². The van der Waals surface area contributed by atoms with E-state index < -0.39 is 6.10 Å². The highest BCUT2D eigenvalue weighted by atomic mass is 16.3. The van der Waals surface area contributed by atoms with Crippen LogP contribution in [0.3, 0.4) is 0 Å². The van der Waals surface area contributed by atoms with Crippen molar-refractivity contribution >= 4 is 5.91 Å². The topological polar surface area (TPSA) is 58.4 Å². The molecule has 1 unspecified atom stereocenters. The number of amides is 1. The van der Waals surface area contributed by atoms with E-state index in [-0.39, 0.29) is 11.9 Å². The molecular formula is C18H25N3O2. The predicted molar refractivity (Wildman–Crippen MR) is 90.9 cm³/mol. The molecule has 1 amide bonds. The van der Waals surface area contributed by atoms with Crippen LogP contribution < -0.4 is 0 Å². The molecule has 5 heteroatoms. The Hall–Kier alpha value is -2.14. The van der Waals surface area contributed by atoms with Crippen molar-refractivity contribution in [2.24, 2.45) is 0 Å². The van der Waals surface area contributed by atoms with Crippen LogP contribution in [0.25, 0.3) is 5.69 Å². The molecule has 0 aliphatic heterocycles. The second kappa shape index (κ2) is 6.96. The molecule has 5 nitrogen and oxygen atoms in total. The number of rotatable bonds is 5. The number of hydrogen-bond donors (Lipinski definition) is 1. The molecule has 23 heavy (non-hydrogen) atoms. The Balaban J connectivity index is 2.24. The largest absolute Gasteiger partial charge is 0.392 e. The van der Waals surface area contributed by atoms with Crippen LogP contribution in [0.1, 0.15) is 42.5 Å². The average molecular weight is 315 g/mol. The van der Waals surface area contributed by atoms with Gasteiger partial charge in [-0.15, -0.1) is 0 Å². The summed E-state index contributed by atoms with van der Waals surface area (Å²) in [6.45, 7) is 9.87. The van der Waals surface area contributed by atoms with Crippen LogP contribution in [-0.4, -0.2) is 44.4 Å². The number of carbonyl (C=O) groups excluding carboxylic acids is 1. The summed E-state index contributed by atoms with van der Waals surface area (Å²) in [5, 5.41) is 14.0. The minimum atomic E-state index is -0.546. The smallest absolute Gasteiger partial charge is 0.254 e. The Bertz CT molecular complexity index is 672. The van der Waals surface area contributed by atoms with Crippen molar-refractivity contribution in [3.8, 4) is 5.69 Å². The number of hydrogen-bond acceptors (Lipinski definition) is 3. The highest BCUT2D eigenvalue weighted by molar-refractivity contribution is 5.94. The van der Waals surface area contributed by atoms with Crippen LogP contribution in [-0.2, 0) is 0 Å². The van der Waals surface area contributed by atoms with Gasteiger partial charge >= 0.3 is 0 Å². The van der Waals surface area contributed by atoms with E-state index in [1.54, 1.807) is 11.8 Å². The van der Waals surface area contributed by atoms with Gasteiger partial charge in [0.25, 0.3) is 5.91 Å². The zero-order valence-electron chi connectivity index (χ0n) is 14.4. The standard InChI is InChI=1S/C18H25N3O2/c1-12(2)20(11-15(5)22)18(23)16-6-8-17(9-7-16)21-14(4)10-13(3)19-21/h6-10,12,15,22H,11H2,1-5H3. The molecule has 0 radical (unpaired) electrons. The van der Waals surface area contributed by atoms with Gasteiger partial charge in [0.2, 0.25) is 0 Å². The summed E-state index contributed by atoms with van der Waals surface area (Å²) in [6.07, 6.45) is -0.546. The van der Waals surface area contributed by atoms with Crippen molar-refractivity contribution in [1.29, 1.82) is 0 Å². The lowest BCUT2D eigenvalue weighted by Crippen LogP contribution is -2.41. The number of benzene rings is 1. The minimum Gasteiger partial charge on any atom is -0.392 e. The Morgan fingerprint density at radius 3 is 2.26 bits per heavy atom. The molecule has 1 N–H and O–H groups in total. The van der Waals surface area contributed by atoms with Gasteiger partial charge in [0.1, 0.15) is 0 Å². The van der Waals surface area contributed by atoms with Gasteiger partial charge in [-0.2, -0.15) is 5.10 Å². The second-order valence-corrected chi connectivity index (χ2v) is 6.29. The summed E-state index contributed by atoms with van der Waals surface area (Å²) in [4.78, 5) is 14.3. The van der Waals surface area contributed by atoms with Crippen LogP contribution in [0.4, 0.5) is 0 Å². The molecule has 0 spiro atoms. The first-order valence-electron chi connectivity index (χ1n) is 7.92. The lowest BCUT2D eigenvalue weighted by Gasteiger charge is -2.28. The van der Waals surface area contributed by atoms with Gasteiger partial charge in [0.15, 0.2) is 0 Å². The normalized spacial score (nSPS) is 12.5. The molecule has 1 aromatic heterocycles. The molecule has 0 saturated carbocycles. The summed E-state index contributed by atoms with van der Waals surface area (Å²) in [5.74, 6) is -0.0687. The van der Waals surface area contributed by atoms with Crippen LogP contribution in [0.15, 0.2) is 30.3 Å². The summed E-state index contributed by atoms with van der Waals surface area (Å²) in [6, 6.07) is 9.47. The molecule has 2 aromatic rings. The van der Waals surface area contributed by atoms with E-state index >= 15 is 0 Å². The molecular weight excluding hydrogens is 290 g/mol. The van der Waals surface area contributed by atoms with Gasteiger partial charge < -0.3 is 10.0 Å². The summed E-state index contributed by atoms with van der Waals surface area (Å²) >= 11 is 0. The first-order valence-corrected chi connectivity index (χ1v) is 7.92. The molecule has 0 fully saturated rings. The van der Waals surface area contributed by atoms with E-state index in [1.165, 1.54) is 0 Å². The van der Waals surface area contributed by atoms with Gasteiger partial charge in [-0.3, -0.25) is 4.79 Å². The first kappa shape index (κ1) is 17.2. The van der Waals surface area contributed by atoms with Crippen LogP contribution in [0.5, 0.6) is 0 Å². The fraction of sp³-hybridized carbons (Fsp3) is 0.444. The Kier molecular flexibility index (Phi) is 5.21. The molecule has 0 saturated heterocycles. The summed E-state index contributed by atoms with van der Waals surface area (Å²) in [7, 11) is 0. The van der Waals surface area contributed by atoms with E-state index in [9.17, 15) is 9.90 Å². The predicted octanol–water partition coefficient (Wildman–Crippen LogP) is 2.72. The van der Waals surface area contributed by atoms with Crippen molar-refractivity contribution in [3.63, 3.8) is 0 Å². The Morgan fingerprint density at radius 1 is 1.22 bits per heavy atom. The van der Waals surface area contributed by atoms with Crippen molar-refractivity contribution in [1.82, 2.24) is 14.7 Å². The lowest BCUT2D eigenvalue weighted by atomic mass is 10.1. The van der Waals surface area contributed by atoms with E-state index in [0.29, 0.717) is 12.1 Å². The lowest BCUT2D eigenvalue weighted by molar-refractivity contribution is 0.0579. The van der Waals surface area contributed by atoms with E-state index in [1.807, 2.05) is 62.7 Å². The number of aryl methyl sites for hydroxylation is 2. The molecule has 0 aliphatic carbocycles. The van der Waals surface area contributed by atoms with Crippen molar-refractivity contribution < 1.29 is 9.90 Å². The SMILES string of the molecule is Cc1cc(C)n(-c2ccc(C(=O)N(CC(C)O)C(C)C)cc2)n1. The number of nitrogens with zero attached hydrogens (tertiary/aromatic N) is 3. The minimum absolute atomic E-state index is 0.0350. The fourth-order valence-electron chi connectivity index (χ4n) is 2.61. The Labute approximate surface area is 137 Å². The molecule has 1 aromatic carbocycles. The van der Waals surface area contributed by atoms with E-state index in [2.05, 4.69) is 5.10 Å². The van der Waals surface area contributed by atoms with Crippen molar-refractivity contribution in [3.05, 3.63) is 47.3 Å². The highest BCUT2D eigenvalue weighted by Gasteiger charge is 2.20. The van der Waals surface area contributed by atoms with Crippen LogP contribution in [0, 0.1) is 13.8 Å². The molecule has 124 valence electrons. The third-order valence-corrected chi connectivity index (χ3v) is 3.71. The third-order valence-electron chi connectivity index (χ3n) is 3.71. The van der Waals surface area contributed by atoms with Gasteiger partial charge in [0, 0.05) is 23.8 Å². The molecule has 2 rings (SSSR count). The van der Waals surface area contributed by atoms with Crippen LogP contribution >= 0.6 is 0 Å². The maximum atomic E-state index is 12.6. The van der Waals surface area contributed by atoms with Crippen molar-refractivity contribution in [2.75, 3.05) is 6.54 Å². The molecule has 0 aliphatic rings. The maximum Gasteiger partial charge on any atom is 0.254 e. The van der Waals surface area contributed by atoms with Gasteiger partial charge in [0.05, 0.1) is 17.5 Å². The number of aliphatic hydroxyl groups excluding tert-OH is 1. The molecule has 0 bridgehead atoms. The second-order valence-electron chi connectivity index (χ2n) is 6.29. The zero-order valence-corrected chi connectivity index (χ0v) is 14.4. The maximum absolute atomic E-state index is 12.6. The third kappa shape index (κ3) is 3.99. The number of carbonyl (C=O) groups is 1. The quantitative estimate of drug-likeness (QED) is 0.923. The van der Waals surface area contributed by atoms with Crippen molar-refractivity contribution in [2.45, 2.75) is 46.8 Å². The van der Waals surface area contributed by atoms with Gasteiger partial charge in [-0.25, -0.2) is 4.68 Å². The fourth-order valence-corrected chi connectivity index (χ4v) is 2.61. The summed E-state index contributed by atoms with van der Waals surface area (Å²) in [5.41, 5.74) is 3.56. The zero-order chi connectivity index (χ0) is 17.1. The summed E-state index contributed by atoms with van der Waals surface area (Å²) < 4.78 is 1.86. The molecule has 1 atom stereocenters. The van der Waals surface area contributed by atoms with Crippen LogP contribution in [0.2, 0.25) is 0 Å². The van der Waals surface area contributed by atoms with Gasteiger partial charge in [-0.1, -0.05) is 0 Å².